The molecule has 0 saturated heterocycles. The first-order valence-corrected chi connectivity index (χ1v) is 7.06. The molecule has 1 atom stereocenters. The van der Waals surface area contributed by atoms with E-state index in [0.717, 1.165) is 16.5 Å². The SMILES string of the molecule is NC(Cc1ccc(Cl)cc1F)c1ccnc2ccccc12. The summed E-state index contributed by atoms with van der Waals surface area (Å²) >= 11 is 5.77. The van der Waals surface area contributed by atoms with Crippen LogP contribution < -0.4 is 5.73 Å². The van der Waals surface area contributed by atoms with Gasteiger partial charge >= 0.3 is 0 Å². The van der Waals surface area contributed by atoms with E-state index >= 15 is 0 Å². The van der Waals surface area contributed by atoms with E-state index in [1.165, 1.54) is 6.07 Å². The van der Waals surface area contributed by atoms with E-state index in [2.05, 4.69) is 4.98 Å². The third-order valence-electron chi connectivity index (χ3n) is 3.54. The molecule has 3 rings (SSSR count). The zero-order valence-corrected chi connectivity index (χ0v) is 12.0. The Balaban J connectivity index is 1.95. The van der Waals surface area contributed by atoms with E-state index in [1.807, 2.05) is 30.3 Å². The van der Waals surface area contributed by atoms with Crippen LogP contribution in [0, 0.1) is 5.82 Å². The summed E-state index contributed by atoms with van der Waals surface area (Å²) in [5, 5.41) is 1.39. The zero-order chi connectivity index (χ0) is 14.8. The summed E-state index contributed by atoms with van der Waals surface area (Å²) < 4.78 is 13.9. The first-order chi connectivity index (χ1) is 10.1. The zero-order valence-electron chi connectivity index (χ0n) is 11.3. The molecule has 3 aromatic rings. The lowest BCUT2D eigenvalue weighted by Gasteiger charge is -2.15. The predicted molar refractivity (Wildman–Crippen MR) is 83.8 cm³/mol. The second kappa shape index (κ2) is 5.80. The van der Waals surface area contributed by atoms with Gasteiger partial charge in [-0.05, 0) is 41.8 Å². The lowest BCUT2D eigenvalue weighted by molar-refractivity contribution is 0.594. The number of fused-ring (bicyclic) bond motifs is 1. The van der Waals surface area contributed by atoms with Crippen LogP contribution in [0.25, 0.3) is 10.9 Å². The van der Waals surface area contributed by atoms with Gasteiger partial charge in [-0.1, -0.05) is 35.9 Å². The summed E-state index contributed by atoms with van der Waals surface area (Å²) in [5.74, 6) is -0.323. The van der Waals surface area contributed by atoms with Crippen molar-refractivity contribution in [3.05, 3.63) is 76.7 Å². The molecule has 106 valence electrons. The third kappa shape index (κ3) is 2.89. The van der Waals surface area contributed by atoms with E-state index < -0.39 is 0 Å². The lowest BCUT2D eigenvalue weighted by Crippen LogP contribution is -2.14. The molecule has 0 spiro atoms. The first kappa shape index (κ1) is 14.0. The normalized spacial score (nSPS) is 12.5. The molecule has 2 aromatic carbocycles. The molecule has 0 fully saturated rings. The molecule has 0 bridgehead atoms. The van der Waals surface area contributed by atoms with Crippen LogP contribution in [0.1, 0.15) is 17.2 Å². The second-order valence-corrected chi connectivity index (χ2v) is 5.40. The Labute approximate surface area is 127 Å². The molecule has 2 nitrogen and oxygen atoms in total. The molecule has 0 aliphatic rings. The Morgan fingerprint density at radius 3 is 2.76 bits per heavy atom. The van der Waals surface area contributed by atoms with Gasteiger partial charge in [-0.15, -0.1) is 0 Å². The van der Waals surface area contributed by atoms with Crippen molar-refractivity contribution in [1.29, 1.82) is 0 Å². The number of benzene rings is 2. The highest BCUT2D eigenvalue weighted by Crippen LogP contribution is 2.25. The van der Waals surface area contributed by atoms with Gasteiger partial charge in [-0.3, -0.25) is 4.98 Å². The third-order valence-corrected chi connectivity index (χ3v) is 3.77. The van der Waals surface area contributed by atoms with E-state index in [1.54, 1.807) is 18.3 Å². The van der Waals surface area contributed by atoms with Gasteiger partial charge in [-0.25, -0.2) is 4.39 Å². The molecule has 0 saturated carbocycles. The molecule has 2 N–H and O–H groups in total. The maximum atomic E-state index is 13.9. The van der Waals surface area contributed by atoms with Gasteiger partial charge in [0.15, 0.2) is 0 Å². The number of aromatic nitrogens is 1. The minimum Gasteiger partial charge on any atom is -0.324 e. The maximum Gasteiger partial charge on any atom is 0.127 e. The average Bonchev–Trinajstić information content (AvgIpc) is 2.49. The van der Waals surface area contributed by atoms with Crippen molar-refractivity contribution >= 4 is 22.5 Å². The Morgan fingerprint density at radius 2 is 1.95 bits per heavy atom. The van der Waals surface area contributed by atoms with E-state index in [0.29, 0.717) is 17.0 Å². The topological polar surface area (TPSA) is 38.9 Å². The quantitative estimate of drug-likeness (QED) is 0.784. The largest absolute Gasteiger partial charge is 0.324 e. The number of halogens is 2. The van der Waals surface area contributed by atoms with Crippen LogP contribution in [0.4, 0.5) is 4.39 Å². The standard InChI is InChI=1S/C17H14ClFN2/c18-12-6-5-11(15(19)10-12)9-16(20)13-7-8-21-17-4-2-1-3-14(13)17/h1-8,10,16H,9,20H2. The van der Waals surface area contributed by atoms with Crippen molar-refractivity contribution in [3.63, 3.8) is 0 Å². The maximum absolute atomic E-state index is 13.9. The summed E-state index contributed by atoms with van der Waals surface area (Å²) in [4.78, 5) is 4.31. The highest BCUT2D eigenvalue weighted by Gasteiger charge is 2.13. The Morgan fingerprint density at radius 1 is 1.14 bits per heavy atom. The molecule has 1 aromatic heterocycles. The molecule has 1 heterocycles. The minimum atomic E-state index is -0.323. The monoisotopic (exact) mass is 300 g/mol. The van der Waals surface area contributed by atoms with Crippen LogP contribution in [0.15, 0.2) is 54.7 Å². The van der Waals surface area contributed by atoms with Gasteiger partial charge in [0, 0.05) is 22.6 Å². The van der Waals surface area contributed by atoms with Crippen molar-refractivity contribution in [2.24, 2.45) is 5.73 Å². The number of hydrogen-bond donors (Lipinski definition) is 1. The number of rotatable bonds is 3. The van der Waals surface area contributed by atoms with Gasteiger partial charge in [-0.2, -0.15) is 0 Å². The van der Waals surface area contributed by atoms with Gasteiger partial charge in [0.1, 0.15) is 5.82 Å². The highest BCUT2D eigenvalue weighted by molar-refractivity contribution is 6.30. The van der Waals surface area contributed by atoms with Crippen molar-refractivity contribution < 1.29 is 4.39 Å². The number of para-hydroxylation sites is 1. The van der Waals surface area contributed by atoms with E-state index in [4.69, 9.17) is 17.3 Å². The Kier molecular flexibility index (Phi) is 3.86. The van der Waals surface area contributed by atoms with E-state index in [-0.39, 0.29) is 11.9 Å². The number of nitrogens with zero attached hydrogens (tertiary/aromatic N) is 1. The highest BCUT2D eigenvalue weighted by atomic mass is 35.5. The van der Waals surface area contributed by atoms with Gasteiger partial charge < -0.3 is 5.73 Å². The predicted octanol–water partition coefficient (Wildman–Crippen LogP) is 4.27. The molecule has 1 unspecified atom stereocenters. The van der Waals surface area contributed by atoms with Gasteiger partial charge in [0.05, 0.1) is 5.52 Å². The fourth-order valence-corrected chi connectivity index (χ4v) is 2.63. The molecular weight excluding hydrogens is 287 g/mol. The molecule has 4 heteroatoms. The second-order valence-electron chi connectivity index (χ2n) is 4.96. The Bertz CT molecular complexity index is 783. The number of pyridine rings is 1. The van der Waals surface area contributed by atoms with Crippen molar-refractivity contribution in [1.82, 2.24) is 4.98 Å². The molecule has 0 aliphatic carbocycles. The number of nitrogens with two attached hydrogens (primary N) is 1. The van der Waals surface area contributed by atoms with Crippen LogP contribution in [-0.4, -0.2) is 4.98 Å². The van der Waals surface area contributed by atoms with E-state index in [9.17, 15) is 4.39 Å². The molecule has 0 aliphatic heterocycles. The van der Waals surface area contributed by atoms with Crippen LogP contribution in [0.2, 0.25) is 5.02 Å². The van der Waals surface area contributed by atoms with Crippen LogP contribution in [0.3, 0.4) is 0 Å². The Hall–Kier alpha value is -1.97. The molecular formula is C17H14ClFN2. The summed E-state index contributed by atoms with van der Waals surface area (Å²) in [5.41, 5.74) is 8.69. The first-order valence-electron chi connectivity index (χ1n) is 6.68. The van der Waals surface area contributed by atoms with Crippen molar-refractivity contribution in [2.45, 2.75) is 12.5 Å². The fraction of sp³-hybridized carbons (Fsp3) is 0.118. The fourth-order valence-electron chi connectivity index (χ4n) is 2.48. The summed E-state index contributed by atoms with van der Waals surface area (Å²) in [7, 11) is 0. The van der Waals surface area contributed by atoms with Crippen LogP contribution in [-0.2, 0) is 6.42 Å². The molecule has 0 amide bonds. The van der Waals surface area contributed by atoms with Crippen LogP contribution >= 0.6 is 11.6 Å². The number of hydrogen-bond acceptors (Lipinski definition) is 2. The summed E-state index contributed by atoms with van der Waals surface area (Å²) in [6, 6.07) is 14.1. The summed E-state index contributed by atoms with van der Waals surface area (Å²) in [6.45, 7) is 0. The van der Waals surface area contributed by atoms with Gasteiger partial charge in [0.2, 0.25) is 0 Å². The smallest absolute Gasteiger partial charge is 0.127 e. The molecule has 21 heavy (non-hydrogen) atoms. The van der Waals surface area contributed by atoms with Crippen molar-refractivity contribution in [2.75, 3.05) is 0 Å². The lowest BCUT2D eigenvalue weighted by atomic mass is 9.96. The van der Waals surface area contributed by atoms with Gasteiger partial charge in [0.25, 0.3) is 0 Å². The summed E-state index contributed by atoms with van der Waals surface area (Å²) in [6.07, 6.45) is 2.15. The minimum absolute atomic E-state index is 0.298. The van der Waals surface area contributed by atoms with Crippen LogP contribution in [0.5, 0.6) is 0 Å². The average molecular weight is 301 g/mol. The molecule has 0 radical (unpaired) electrons. The van der Waals surface area contributed by atoms with Crippen molar-refractivity contribution in [3.8, 4) is 0 Å².